The molecule has 1 amide bonds. The van der Waals surface area contributed by atoms with Crippen LogP contribution in [-0.2, 0) is 0 Å². The molecule has 2 aromatic carbocycles. The van der Waals surface area contributed by atoms with Crippen LogP contribution in [0.2, 0.25) is 5.02 Å². The molecule has 3 rings (SSSR count). The predicted molar refractivity (Wildman–Crippen MR) is 103 cm³/mol. The van der Waals surface area contributed by atoms with Crippen molar-refractivity contribution >= 4 is 23.2 Å². The molecule has 0 atom stereocenters. The Labute approximate surface area is 160 Å². The fourth-order valence-electron chi connectivity index (χ4n) is 2.57. The van der Waals surface area contributed by atoms with Gasteiger partial charge in [0.2, 0.25) is 0 Å². The first-order valence-electron chi connectivity index (χ1n) is 8.39. The lowest BCUT2D eigenvalue weighted by Crippen LogP contribution is -2.26. The first kappa shape index (κ1) is 18.6. The molecule has 0 aliphatic heterocycles. The van der Waals surface area contributed by atoms with E-state index in [-0.39, 0.29) is 11.6 Å². The summed E-state index contributed by atoms with van der Waals surface area (Å²) >= 11 is 6.28. The van der Waals surface area contributed by atoms with E-state index in [4.69, 9.17) is 11.6 Å². The van der Waals surface area contributed by atoms with Crippen LogP contribution < -0.4 is 5.32 Å². The van der Waals surface area contributed by atoms with Gasteiger partial charge in [-0.1, -0.05) is 30.7 Å². The van der Waals surface area contributed by atoms with Gasteiger partial charge in [-0.25, -0.2) is 4.68 Å². The summed E-state index contributed by atoms with van der Waals surface area (Å²) in [4.78, 5) is 23.0. The third kappa shape index (κ3) is 3.98. The van der Waals surface area contributed by atoms with Crippen molar-refractivity contribution < 1.29 is 9.72 Å². The van der Waals surface area contributed by atoms with Crippen molar-refractivity contribution in [1.82, 2.24) is 15.1 Å². The summed E-state index contributed by atoms with van der Waals surface area (Å²) in [7, 11) is 0. The summed E-state index contributed by atoms with van der Waals surface area (Å²) in [6.45, 7) is 2.51. The molecule has 8 heteroatoms. The van der Waals surface area contributed by atoms with Crippen molar-refractivity contribution in [2.24, 2.45) is 0 Å². The fraction of sp³-hybridized carbons (Fsp3) is 0.158. The van der Waals surface area contributed by atoms with E-state index in [0.717, 1.165) is 6.42 Å². The summed E-state index contributed by atoms with van der Waals surface area (Å²) < 4.78 is 1.49. The van der Waals surface area contributed by atoms with Crippen LogP contribution in [0.4, 0.5) is 5.69 Å². The number of nitro groups is 1. The first-order valence-corrected chi connectivity index (χ1v) is 8.77. The lowest BCUT2D eigenvalue weighted by molar-refractivity contribution is -0.384. The van der Waals surface area contributed by atoms with Crippen molar-refractivity contribution in [3.05, 3.63) is 75.4 Å². The Bertz CT molecular complexity index is 983. The molecule has 0 saturated carbocycles. The molecule has 1 N–H and O–H groups in total. The summed E-state index contributed by atoms with van der Waals surface area (Å²) in [5, 5.41) is 18.6. The second-order valence-corrected chi connectivity index (χ2v) is 6.25. The van der Waals surface area contributed by atoms with Crippen LogP contribution >= 0.6 is 11.6 Å². The van der Waals surface area contributed by atoms with Crippen molar-refractivity contribution in [2.45, 2.75) is 13.3 Å². The van der Waals surface area contributed by atoms with Crippen LogP contribution in [-0.4, -0.2) is 27.2 Å². The number of nitro benzene ring substituents is 1. The van der Waals surface area contributed by atoms with Gasteiger partial charge in [-0.15, -0.1) is 0 Å². The molecule has 7 nitrogen and oxygen atoms in total. The highest BCUT2D eigenvalue weighted by Crippen LogP contribution is 2.26. The van der Waals surface area contributed by atoms with E-state index in [1.54, 1.807) is 36.4 Å². The number of rotatable bonds is 6. The highest BCUT2D eigenvalue weighted by Gasteiger charge is 2.19. The van der Waals surface area contributed by atoms with Crippen molar-refractivity contribution in [3.8, 4) is 16.9 Å². The zero-order valence-electron chi connectivity index (χ0n) is 14.6. The predicted octanol–water partition coefficient (Wildman–Crippen LogP) is 4.24. The van der Waals surface area contributed by atoms with Gasteiger partial charge in [0.15, 0.2) is 0 Å². The van der Waals surface area contributed by atoms with Gasteiger partial charge < -0.3 is 5.32 Å². The molecule has 3 aromatic rings. The van der Waals surface area contributed by atoms with E-state index in [2.05, 4.69) is 10.4 Å². The molecule has 0 spiro atoms. The van der Waals surface area contributed by atoms with E-state index in [1.165, 1.54) is 16.8 Å². The van der Waals surface area contributed by atoms with Crippen LogP contribution in [0.25, 0.3) is 16.9 Å². The topological polar surface area (TPSA) is 90.1 Å². The average molecular weight is 385 g/mol. The molecule has 0 unspecified atom stereocenters. The monoisotopic (exact) mass is 384 g/mol. The Morgan fingerprint density at radius 1 is 1.22 bits per heavy atom. The number of carbonyl (C=O) groups excluding carboxylic acids is 1. The zero-order valence-corrected chi connectivity index (χ0v) is 15.3. The Morgan fingerprint density at radius 2 is 1.93 bits per heavy atom. The SMILES string of the molecule is CCCNC(=O)c1cc(-c2ccc([N+](=O)[O-])cc2)nn1-c1ccccc1Cl. The second-order valence-electron chi connectivity index (χ2n) is 5.84. The lowest BCUT2D eigenvalue weighted by atomic mass is 10.1. The van der Waals surface area contributed by atoms with Gasteiger partial charge in [-0.05, 0) is 36.8 Å². The first-order chi connectivity index (χ1) is 13.0. The average Bonchev–Trinajstić information content (AvgIpc) is 3.11. The molecule has 0 saturated heterocycles. The molecule has 138 valence electrons. The number of benzene rings is 2. The summed E-state index contributed by atoms with van der Waals surface area (Å²) in [6, 6.07) is 14.8. The largest absolute Gasteiger partial charge is 0.351 e. The van der Waals surface area contributed by atoms with Gasteiger partial charge >= 0.3 is 0 Å². The number of carbonyl (C=O) groups is 1. The smallest absolute Gasteiger partial charge is 0.270 e. The van der Waals surface area contributed by atoms with Gasteiger partial charge in [0.05, 0.1) is 21.3 Å². The van der Waals surface area contributed by atoms with Gasteiger partial charge in [-0.2, -0.15) is 5.10 Å². The number of halogens is 1. The Morgan fingerprint density at radius 3 is 2.56 bits per heavy atom. The molecule has 27 heavy (non-hydrogen) atoms. The second kappa shape index (κ2) is 8.01. The number of nitrogens with zero attached hydrogens (tertiary/aromatic N) is 3. The van der Waals surface area contributed by atoms with Crippen molar-refractivity contribution in [1.29, 1.82) is 0 Å². The highest BCUT2D eigenvalue weighted by atomic mass is 35.5. The Hall–Kier alpha value is -3.19. The maximum atomic E-state index is 12.6. The Kier molecular flexibility index (Phi) is 5.52. The van der Waals surface area contributed by atoms with Crippen LogP contribution in [0.5, 0.6) is 0 Å². The standard InChI is InChI=1S/C19H17ClN4O3/c1-2-11-21-19(25)18-12-16(13-7-9-14(10-8-13)24(26)27)22-23(18)17-6-4-3-5-15(17)20/h3-10,12H,2,11H2,1H3,(H,21,25). The minimum absolute atomic E-state index is 0.00908. The summed E-state index contributed by atoms with van der Waals surface area (Å²) in [6.07, 6.45) is 0.807. The maximum Gasteiger partial charge on any atom is 0.270 e. The summed E-state index contributed by atoms with van der Waals surface area (Å²) in [5.41, 5.74) is 2.09. The van der Waals surface area contributed by atoms with E-state index in [1.807, 2.05) is 13.0 Å². The number of nitrogens with one attached hydrogen (secondary N) is 1. The van der Waals surface area contributed by atoms with Gasteiger partial charge in [0.25, 0.3) is 11.6 Å². The minimum Gasteiger partial charge on any atom is -0.351 e. The number of hydrogen-bond acceptors (Lipinski definition) is 4. The molecule has 0 fully saturated rings. The summed E-state index contributed by atoms with van der Waals surface area (Å²) in [5.74, 6) is -0.266. The van der Waals surface area contributed by atoms with Crippen LogP contribution in [0.15, 0.2) is 54.6 Å². The number of amides is 1. The number of non-ortho nitro benzene ring substituents is 1. The van der Waals surface area contributed by atoms with E-state index in [0.29, 0.717) is 34.2 Å². The van der Waals surface area contributed by atoms with E-state index < -0.39 is 4.92 Å². The lowest BCUT2D eigenvalue weighted by Gasteiger charge is -2.09. The fourth-order valence-corrected chi connectivity index (χ4v) is 2.79. The minimum atomic E-state index is -0.463. The molecule has 0 aliphatic rings. The third-order valence-electron chi connectivity index (χ3n) is 3.93. The zero-order chi connectivity index (χ0) is 19.4. The number of aromatic nitrogens is 2. The normalized spacial score (nSPS) is 10.6. The van der Waals surface area contributed by atoms with Gasteiger partial charge in [-0.3, -0.25) is 14.9 Å². The maximum absolute atomic E-state index is 12.6. The molecule has 0 radical (unpaired) electrons. The van der Waals surface area contributed by atoms with Crippen LogP contribution in [0.1, 0.15) is 23.8 Å². The third-order valence-corrected chi connectivity index (χ3v) is 4.25. The van der Waals surface area contributed by atoms with Gasteiger partial charge in [0, 0.05) is 24.2 Å². The molecule has 0 aliphatic carbocycles. The quantitative estimate of drug-likeness (QED) is 0.508. The van der Waals surface area contributed by atoms with Crippen molar-refractivity contribution in [2.75, 3.05) is 6.54 Å². The molecular formula is C19H17ClN4O3. The molecule has 0 bridgehead atoms. The van der Waals surface area contributed by atoms with E-state index in [9.17, 15) is 14.9 Å². The highest BCUT2D eigenvalue weighted by molar-refractivity contribution is 6.32. The van der Waals surface area contributed by atoms with E-state index >= 15 is 0 Å². The Balaban J connectivity index is 2.07. The van der Waals surface area contributed by atoms with Crippen LogP contribution in [0.3, 0.4) is 0 Å². The number of hydrogen-bond donors (Lipinski definition) is 1. The number of para-hydroxylation sites is 1. The molecule has 1 heterocycles. The van der Waals surface area contributed by atoms with Crippen LogP contribution in [0, 0.1) is 10.1 Å². The molecule has 1 aromatic heterocycles. The van der Waals surface area contributed by atoms with Gasteiger partial charge in [0.1, 0.15) is 5.69 Å². The van der Waals surface area contributed by atoms with Crippen molar-refractivity contribution in [3.63, 3.8) is 0 Å². The molecular weight excluding hydrogens is 368 g/mol.